The fourth-order valence-electron chi connectivity index (χ4n) is 0.513. The summed E-state index contributed by atoms with van der Waals surface area (Å²) in [5.41, 5.74) is 0. The number of carbonyl (C=O) groups excluding carboxylic acids is 2. The van der Waals surface area contributed by atoms with Crippen molar-refractivity contribution in [2.24, 2.45) is 0 Å². The maximum absolute atomic E-state index is 10.4. The fraction of sp³-hybridized carbons (Fsp3) is 0.500. The number of nitrogens with one attached hydrogen (secondary N) is 1. The second kappa shape index (κ2) is 2.02. The Bertz CT molecular complexity index is 155. The molecule has 5 nitrogen and oxygen atoms in total. The number of rotatable bonds is 1. The Hall–Kier alpha value is -1.10. The largest absolute Gasteiger partial charge is 0.433 e. The average molecular weight is 131 g/mol. The molecule has 0 bridgehead atoms. The van der Waals surface area contributed by atoms with Gasteiger partial charge in [-0.05, 0) is 0 Å². The molecule has 1 rings (SSSR count). The Labute approximate surface area is 50.6 Å². The molecule has 0 radical (unpaired) electrons. The first-order chi connectivity index (χ1) is 4.24. The van der Waals surface area contributed by atoms with Crippen LogP contribution in [-0.2, 0) is 9.53 Å². The number of cyclic esters (lactones) is 1. The first-order valence-corrected chi connectivity index (χ1v) is 2.36. The lowest BCUT2D eigenvalue weighted by Gasteiger charge is -1.97. The van der Waals surface area contributed by atoms with Gasteiger partial charge in [-0.3, -0.25) is 10.1 Å². The van der Waals surface area contributed by atoms with Crippen LogP contribution in [0.3, 0.4) is 0 Å². The third kappa shape index (κ3) is 0.996. The number of hydrogen-bond donors (Lipinski definition) is 2. The highest BCUT2D eigenvalue weighted by Gasteiger charge is 2.30. The van der Waals surface area contributed by atoms with E-state index in [1.54, 1.807) is 0 Å². The average Bonchev–Trinajstić information content (AvgIpc) is 2.10. The lowest BCUT2D eigenvalue weighted by Crippen LogP contribution is -2.26. The molecular formula is C4H5NO4. The predicted molar refractivity (Wildman–Crippen MR) is 25.5 cm³/mol. The van der Waals surface area contributed by atoms with Gasteiger partial charge in [0.15, 0.2) is 0 Å². The minimum absolute atomic E-state index is 0.461. The van der Waals surface area contributed by atoms with E-state index in [1.165, 1.54) is 0 Å². The van der Waals surface area contributed by atoms with Crippen LogP contribution in [0.5, 0.6) is 0 Å². The van der Waals surface area contributed by atoms with Gasteiger partial charge in [0.25, 0.3) is 5.91 Å². The molecule has 1 heterocycles. The van der Waals surface area contributed by atoms with Crippen molar-refractivity contribution in [3.05, 3.63) is 0 Å². The molecule has 1 unspecified atom stereocenters. The molecule has 2 N–H and O–H groups in total. The van der Waals surface area contributed by atoms with Crippen molar-refractivity contribution in [3.8, 4) is 0 Å². The van der Waals surface area contributed by atoms with Gasteiger partial charge >= 0.3 is 6.09 Å². The molecule has 0 aromatic rings. The van der Waals surface area contributed by atoms with Gasteiger partial charge in [-0.1, -0.05) is 0 Å². The van der Waals surface area contributed by atoms with Crippen LogP contribution in [0.25, 0.3) is 0 Å². The van der Waals surface area contributed by atoms with Gasteiger partial charge in [0.2, 0.25) is 6.10 Å². The Morgan fingerprint density at radius 2 is 2.33 bits per heavy atom. The van der Waals surface area contributed by atoms with Crippen LogP contribution in [0.1, 0.15) is 0 Å². The summed E-state index contributed by atoms with van der Waals surface area (Å²) in [6.45, 7) is -0.461. The second-order valence-electron chi connectivity index (χ2n) is 1.57. The zero-order valence-corrected chi connectivity index (χ0v) is 4.46. The van der Waals surface area contributed by atoms with Crippen molar-refractivity contribution in [2.45, 2.75) is 6.10 Å². The second-order valence-corrected chi connectivity index (χ2v) is 1.57. The number of aliphatic hydroxyl groups excluding tert-OH is 1. The zero-order chi connectivity index (χ0) is 6.85. The quantitative estimate of drug-likeness (QED) is 0.459. The number of alkyl carbamates (subject to hydrolysis) is 1. The van der Waals surface area contributed by atoms with E-state index in [4.69, 9.17) is 5.11 Å². The molecule has 0 aromatic heterocycles. The Balaban J connectivity index is 2.58. The standard InChI is InChI=1S/C4H5NO4/c6-1-2-3(7)5-4(8)9-2/h2,6H,1H2,(H,5,7,8). The SMILES string of the molecule is O=C1NC(=O)C(CO)O1. The summed E-state index contributed by atoms with van der Waals surface area (Å²) in [6, 6.07) is 0. The number of carbonyl (C=O) groups is 2. The highest BCUT2D eigenvalue weighted by Crippen LogP contribution is 1.98. The van der Waals surface area contributed by atoms with Gasteiger partial charge in [-0.2, -0.15) is 0 Å². The van der Waals surface area contributed by atoms with E-state index in [-0.39, 0.29) is 0 Å². The normalized spacial score (nSPS) is 25.7. The monoisotopic (exact) mass is 131 g/mol. The van der Waals surface area contributed by atoms with Crippen molar-refractivity contribution in [2.75, 3.05) is 6.61 Å². The lowest BCUT2D eigenvalue weighted by molar-refractivity contribution is -0.124. The van der Waals surface area contributed by atoms with Crippen molar-refractivity contribution in [1.29, 1.82) is 0 Å². The number of hydrogen-bond acceptors (Lipinski definition) is 4. The van der Waals surface area contributed by atoms with E-state index in [1.807, 2.05) is 5.32 Å². The van der Waals surface area contributed by atoms with E-state index < -0.39 is 24.7 Å². The van der Waals surface area contributed by atoms with Crippen molar-refractivity contribution < 1.29 is 19.4 Å². The molecule has 1 saturated heterocycles. The number of ether oxygens (including phenoxy) is 1. The summed E-state index contributed by atoms with van der Waals surface area (Å²) in [5.74, 6) is -0.581. The van der Waals surface area contributed by atoms with Crippen LogP contribution in [0.15, 0.2) is 0 Å². The third-order valence-corrected chi connectivity index (χ3v) is 0.933. The van der Waals surface area contributed by atoms with Gasteiger partial charge in [0.05, 0.1) is 6.61 Å². The van der Waals surface area contributed by atoms with Gasteiger partial charge in [0.1, 0.15) is 0 Å². The molecule has 0 aliphatic carbocycles. The first kappa shape index (κ1) is 6.03. The maximum Gasteiger partial charge on any atom is 0.414 e. The number of imide groups is 1. The summed E-state index contributed by atoms with van der Waals surface area (Å²) >= 11 is 0. The molecule has 0 aromatic carbocycles. The summed E-state index contributed by atoms with van der Waals surface area (Å²) < 4.78 is 4.27. The highest BCUT2D eigenvalue weighted by molar-refractivity contribution is 5.99. The third-order valence-electron chi connectivity index (χ3n) is 0.933. The summed E-state index contributed by atoms with van der Waals surface area (Å²) in [7, 11) is 0. The molecule has 2 amide bonds. The van der Waals surface area contributed by atoms with Gasteiger partial charge in [0, 0.05) is 0 Å². The van der Waals surface area contributed by atoms with E-state index in [9.17, 15) is 9.59 Å². The van der Waals surface area contributed by atoms with Crippen molar-refractivity contribution in [1.82, 2.24) is 5.32 Å². The van der Waals surface area contributed by atoms with Gasteiger partial charge in [-0.25, -0.2) is 4.79 Å². The molecule has 1 fully saturated rings. The summed E-state index contributed by atoms with van der Waals surface area (Å²) in [6.07, 6.45) is -1.79. The summed E-state index contributed by atoms with van der Waals surface area (Å²) in [4.78, 5) is 20.6. The molecule has 1 atom stereocenters. The van der Waals surface area contributed by atoms with E-state index in [0.29, 0.717) is 0 Å². The van der Waals surface area contributed by atoms with Crippen LogP contribution in [-0.4, -0.2) is 29.8 Å². The molecule has 1 aliphatic heterocycles. The number of aliphatic hydroxyl groups is 1. The minimum atomic E-state index is -1.00. The Morgan fingerprint density at radius 1 is 1.67 bits per heavy atom. The fourth-order valence-corrected chi connectivity index (χ4v) is 0.513. The van der Waals surface area contributed by atoms with Crippen molar-refractivity contribution >= 4 is 12.0 Å². The van der Waals surface area contributed by atoms with Crippen LogP contribution in [0, 0.1) is 0 Å². The molecular weight excluding hydrogens is 126 g/mol. The van der Waals surface area contributed by atoms with Crippen LogP contribution in [0.4, 0.5) is 4.79 Å². The van der Waals surface area contributed by atoms with Crippen LogP contribution < -0.4 is 5.32 Å². The molecule has 50 valence electrons. The first-order valence-electron chi connectivity index (χ1n) is 2.36. The predicted octanol–water partition coefficient (Wildman–Crippen LogP) is -1.39. The number of amides is 2. The van der Waals surface area contributed by atoms with Gasteiger partial charge in [-0.15, -0.1) is 0 Å². The summed E-state index contributed by atoms with van der Waals surface area (Å²) in [5, 5.41) is 10.2. The molecule has 5 heteroatoms. The van der Waals surface area contributed by atoms with Crippen LogP contribution >= 0.6 is 0 Å². The molecule has 1 aliphatic rings. The molecule has 0 saturated carbocycles. The molecule has 9 heavy (non-hydrogen) atoms. The zero-order valence-electron chi connectivity index (χ0n) is 4.46. The Morgan fingerprint density at radius 3 is 2.56 bits per heavy atom. The topological polar surface area (TPSA) is 75.6 Å². The van der Waals surface area contributed by atoms with Gasteiger partial charge < -0.3 is 9.84 Å². The molecule has 0 spiro atoms. The van der Waals surface area contributed by atoms with Crippen LogP contribution in [0.2, 0.25) is 0 Å². The van der Waals surface area contributed by atoms with E-state index >= 15 is 0 Å². The Kier molecular flexibility index (Phi) is 1.35. The maximum atomic E-state index is 10.4. The highest BCUT2D eigenvalue weighted by atomic mass is 16.6. The smallest absolute Gasteiger partial charge is 0.414 e. The minimum Gasteiger partial charge on any atom is -0.433 e. The lowest BCUT2D eigenvalue weighted by atomic mass is 10.4. The van der Waals surface area contributed by atoms with Crippen molar-refractivity contribution in [3.63, 3.8) is 0 Å². The van der Waals surface area contributed by atoms with E-state index in [0.717, 1.165) is 0 Å². The van der Waals surface area contributed by atoms with E-state index in [2.05, 4.69) is 4.74 Å².